The number of aromatic nitrogens is 2. The topological polar surface area (TPSA) is 118 Å². The number of carbonyl (C=O) groups excluding carboxylic acids is 1. The van der Waals surface area contributed by atoms with Crippen LogP contribution >= 0.6 is 0 Å². The van der Waals surface area contributed by atoms with Crippen LogP contribution in [-0.2, 0) is 4.79 Å². The Morgan fingerprint density at radius 2 is 1.96 bits per heavy atom. The summed E-state index contributed by atoms with van der Waals surface area (Å²) < 4.78 is 0. The lowest BCUT2D eigenvalue weighted by atomic mass is 9.84. The first-order valence-corrected chi connectivity index (χ1v) is 8.15. The van der Waals surface area contributed by atoms with E-state index in [-0.39, 0.29) is 29.9 Å². The number of amides is 1. The van der Waals surface area contributed by atoms with E-state index in [2.05, 4.69) is 15.3 Å². The molecule has 1 saturated carbocycles. The van der Waals surface area contributed by atoms with Crippen molar-refractivity contribution in [2.75, 3.05) is 5.73 Å². The summed E-state index contributed by atoms with van der Waals surface area (Å²) in [5, 5.41) is 11.8. The minimum atomic E-state index is -0.855. The Kier molecular flexibility index (Phi) is 6.31. The van der Waals surface area contributed by atoms with Gasteiger partial charge in [-0.1, -0.05) is 32.1 Å². The molecule has 0 aliphatic heterocycles. The summed E-state index contributed by atoms with van der Waals surface area (Å²) in [5.41, 5.74) is 5.77. The number of nitrogens with zero attached hydrogens (tertiary/aromatic N) is 2. The molecule has 126 valence electrons. The van der Waals surface area contributed by atoms with Gasteiger partial charge < -0.3 is 16.2 Å². The number of carbonyl (C=O) groups is 2. The number of nitrogens with one attached hydrogen (secondary N) is 1. The summed E-state index contributed by atoms with van der Waals surface area (Å²) in [6, 6.07) is -0.178. The minimum absolute atomic E-state index is 0.0353. The fraction of sp³-hybridized carbons (Fsp3) is 0.625. The molecule has 1 amide bonds. The van der Waals surface area contributed by atoms with Crippen LogP contribution in [-0.4, -0.2) is 33.0 Å². The fourth-order valence-electron chi connectivity index (χ4n) is 3.15. The van der Waals surface area contributed by atoms with Gasteiger partial charge in [0, 0.05) is 24.9 Å². The quantitative estimate of drug-likeness (QED) is 0.707. The lowest BCUT2D eigenvalue weighted by Crippen LogP contribution is -2.38. The number of anilines is 1. The van der Waals surface area contributed by atoms with Crippen molar-refractivity contribution in [3.05, 3.63) is 18.1 Å². The smallest absolute Gasteiger partial charge is 0.303 e. The number of aliphatic carboxylic acids is 1. The van der Waals surface area contributed by atoms with E-state index in [0.717, 1.165) is 19.3 Å². The molecule has 1 fully saturated rings. The predicted molar refractivity (Wildman–Crippen MR) is 85.8 cm³/mol. The van der Waals surface area contributed by atoms with Gasteiger partial charge in [-0.25, -0.2) is 9.97 Å². The van der Waals surface area contributed by atoms with Crippen molar-refractivity contribution < 1.29 is 14.7 Å². The Hall–Kier alpha value is -2.18. The normalized spacial score (nSPS) is 16.7. The highest BCUT2D eigenvalue weighted by Gasteiger charge is 2.23. The van der Waals surface area contributed by atoms with Gasteiger partial charge in [0.05, 0.1) is 0 Å². The molecule has 0 saturated heterocycles. The first-order chi connectivity index (χ1) is 11.1. The highest BCUT2D eigenvalue weighted by molar-refractivity contribution is 5.96. The average molecular weight is 320 g/mol. The van der Waals surface area contributed by atoms with Crippen molar-refractivity contribution in [2.45, 2.75) is 57.4 Å². The van der Waals surface area contributed by atoms with Crippen molar-refractivity contribution in [1.82, 2.24) is 15.3 Å². The molecule has 0 radical (unpaired) electrons. The summed E-state index contributed by atoms with van der Waals surface area (Å²) >= 11 is 0. The maximum Gasteiger partial charge on any atom is 0.303 e. The van der Waals surface area contributed by atoms with E-state index in [1.807, 2.05) is 0 Å². The Labute approximate surface area is 135 Å². The molecule has 1 heterocycles. The molecule has 1 aromatic rings. The summed E-state index contributed by atoms with van der Waals surface area (Å²) in [4.78, 5) is 31.0. The third-order valence-corrected chi connectivity index (χ3v) is 4.33. The molecule has 0 spiro atoms. The number of hydrogen-bond acceptors (Lipinski definition) is 5. The number of carboxylic acids is 1. The second-order valence-corrected chi connectivity index (χ2v) is 6.13. The lowest BCUT2D eigenvalue weighted by molar-refractivity contribution is -0.137. The van der Waals surface area contributed by atoms with Crippen LogP contribution < -0.4 is 11.1 Å². The Morgan fingerprint density at radius 3 is 2.61 bits per heavy atom. The summed E-state index contributed by atoms with van der Waals surface area (Å²) in [6.07, 6.45) is 10.1. The van der Waals surface area contributed by atoms with Gasteiger partial charge in [-0.3, -0.25) is 9.59 Å². The Balaban J connectivity index is 1.99. The van der Waals surface area contributed by atoms with Gasteiger partial charge in [-0.05, 0) is 18.8 Å². The molecule has 1 aliphatic carbocycles. The van der Waals surface area contributed by atoms with Crippen LogP contribution in [0.5, 0.6) is 0 Å². The largest absolute Gasteiger partial charge is 0.481 e. The predicted octanol–water partition coefficient (Wildman–Crippen LogP) is 1.99. The highest BCUT2D eigenvalue weighted by Crippen LogP contribution is 2.28. The third-order valence-electron chi connectivity index (χ3n) is 4.33. The molecule has 1 aromatic heterocycles. The first kappa shape index (κ1) is 17.2. The molecule has 1 aliphatic rings. The van der Waals surface area contributed by atoms with Gasteiger partial charge >= 0.3 is 5.97 Å². The van der Waals surface area contributed by atoms with Crippen molar-refractivity contribution in [3.63, 3.8) is 0 Å². The zero-order valence-electron chi connectivity index (χ0n) is 13.2. The van der Waals surface area contributed by atoms with Crippen LogP contribution in [0.2, 0.25) is 0 Å². The number of nitrogen functional groups attached to an aromatic ring is 1. The molecular formula is C16H24N4O3. The minimum Gasteiger partial charge on any atom is -0.481 e. The average Bonchev–Trinajstić information content (AvgIpc) is 2.54. The molecule has 4 N–H and O–H groups in total. The highest BCUT2D eigenvalue weighted by atomic mass is 16.4. The van der Waals surface area contributed by atoms with E-state index in [1.165, 1.54) is 31.7 Å². The Bertz CT molecular complexity index is 544. The van der Waals surface area contributed by atoms with E-state index in [1.54, 1.807) is 0 Å². The van der Waals surface area contributed by atoms with Gasteiger partial charge in [0.15, 0.2) is 11.5 Å². The molecule has 2 rings (SSSR count). The van der Waals surface area contributed by atoms with Crippen molar-refractivity contribution >= 4 is 17.7 Å². The van der Waals surface area contributed by atoms with Crippen LogP contribution in [0.15, 0.2) is 12.4 Å². The van der Waals surface area contributed by atoms with E-state index in [4.69, 9.17) is 10.8 Å². The molecule has 7 heteroatoms. The second-order valence-electron chi connectivity index (χ2n) is 6.13. The number of hydrogen-bond donors (Lipinski definition) is 3. The molecule has 1 atom stereocenters. The SMILES string of the molecule is Nc1nccnc1C(=O)NC(CCC(=O)O)CC1CCCCC1. The molecule has 0 aromatic carbocycles. The standard InChI is InChI=1S/C16H24N4O3/c17-15-14(18-8-9-19-15)16(23)20-12(6-7-13(21)22)10-11-4-2-1-3-5-11/h8-9,11-12H,1-7,10H2,(H2,17,19)(H,20,23)(H,21,22). The van der Waals surface area contributed by atoms with Crippen LogP contribution in [0.3, 0.4) is 0 Å². The number of carboxylic acid groups (broad SMARTS) is 1. The number of nitrogens with two attached hydrogens (primary N) is 1. The van der Waals surface area contributed by atoms with Crippen LogP contribution in [0.25, 0.3) is 0 Å². The van der Waals surface area contributed by atoms with E-state index in [0.29, 0.717) is 12.3 Å². The first-order valence-electron chi connectivity index (χ1n) is 8.15. The van der Waals surface area contributed by atoms with Gasteiger partial charge in [-0.2, -0.15) is 0 Å². The summed E-state index contributed by atoms with van der Waals surface area (Å²) in [6.45, 7) is 0. The molecule has 23 heavy (non-hydrogen) atoms. The molecular weight excluding hydrogens is 296 g/mol. The van der Waals surface area contributed by atoms with Crippen molar-refractivity contribution in [2.24, 2.45) is 5.92 Å². The van der Waals surface area contributed by atoms with Crippen LogP contribution in [0.4, 0.5) is 5.82 Å². The fourth-order valence-corrected chi connectivity index (χ4v) is 3.15. The maximum absolute atomic E-state index is 12.3. The third kappa shape index (κ3) is 5.50. The summed E-state index contributed by atoms with van der Waals surface area (Å²) in [7, 11) is 0. The lowest BCUT2D eigenvalue weighted by Gasteiger charge is -2.27. The molecule has 1 unspecified atom stereocenters. The summed E-state index contributed by atoms with van der Waals surface area (Å²) in [5.74, 6) is -0.615. The van der Waals surface area contributed by atoms with E-state index < -0.39 is 5.97 Å². The van der Waals surface area contributed by atoms with Gasteiger partial charge in [0.25, 0.3) is 5.91 Å². The Morgan fingerprint density at radius 1 is 1.26 bits per heavy atom. The van der Waals surface area contributed by atoms with Crippen molar-refractivity contribution in [3.8, 4) is 0 Å². The van der Waals surface area contributed by atoms with Crippen LogP contribution in [0, 0.1) is 5.92 Å². The molecule has 0 bridgehead atoms. The van der Waals surface area contributed by atoms with Crippen LogP contribution in [0.1, 0.15) is 61.9 Å². The zero-order valence-corrected chi connectivity index (χ0v) is 13.2. The van der Waals surface area contributed by atoms with E-state index in [9.17, 15) is 9.59 Å². The van der Waals surface area contributed by atoms with Crippen molar-refractivity contribution in [1.29, 1.82) is 0 Å². The molecule has 7 nitrogen and oxygen atoms in total. The maximum atomic E-state index is 12.3. The zero-order chi connectivity index (χ0) is 16.7. The van der Waals surface area contributed by atoms with Gasteiger partial charge in [0.1, 0.15) is 0 Å². The van der Waals surface area contributed by atoms with Gasteiger partial charge in [-0.15, -0.1) is 0 Å². The number of rotatable bonds is 7. The van der Waals surface area contributed by atoms with E-state index >= 15 is 0 Å². The second kappa shape index (κ2) is 8.45. The van der Waals surface area contributed by atoms with Gasteiger partial charge in [0.2, 0.25) is 0 Å². The monoisotopic (exact) mass is 320 g/mol.